The molecule has 2 aromatic rings. The molecular weight excluding hydrogens is 362 g/mol. The Balaban J connectivity index is 2.47. The highest BCUT2D eigenvalue weighted by Gasteiger charge is 2.30. The lowest BCUT2D eigenvalue weighted by Crippen LogP contribution is -2.43. The highest BCUT2D eigenvalue weighted by Crippen LogP contribution is 2.29. The topological polar surface area (TPSA) is 72.5 Å². The minimum Gasteiger partial charge on any atom is -0.468 e. The van der Waals surface area contributed by atoms with Crippen molar-refractivity contribution in [2.45, 2.75) is 52.0 Å². The summed E-state index contributed by atoms with van der Waals surface area (Å²) in [6.07, 6.45) is 0.217. The van der Waals surface area contributed by atoms with Crippen molar-refractivity contribution in [1.82, 2.24) is 4.72 Å². The Labute approximate surface area is 161 Å². The van der Waals surface area contributed by atoms with Crippen LogP contribution in [0, 0.1) is 34.6 Å². The number of esters is 1. The summed E-state index contributed by atoms with van der Waals surface area (Å²) in [5, 5.41) is 0. The second-order valence-electron chi connectivity index (χ2n) is 6.84. The van der Waals surface area contributed by atoms with E-state index in [-0.39, 0.29) is 11.3 Å². The number of methoxy groups -OCH3 is 1. The second-order valence-corrected chi connectivity index (χ2v) is 8.49. The van der Waals surface area contributed by atoms with Crippen molar-refractivity contribution in [1.29, 1.82) is 0 Å². The van der Waals surface area contributed by atoms with Gasteiger partial charge < -0.3 is 4.74 Å². The van der Waals surface area contributed by atoms with Crippen LogP contribution in [0.2, 0.25) is 0 Å². The molecule has 1 unspecified atom stereocenters. The summed E-state index contributed by atoms with van der Waals surface area (Å²) >= 11 is 0. The number of hydrogen-bond acceptors (Lipinski definition) is 4. The van der Waals surface area contributed by atoms with Crippen molar-refractivity contribution in [3.63, 3.8) is 0 Å². The molecule has 0 aromatic heterocycles. The second kappa shape index (κ2) is 8.23. The van der Waals surface area contributed by atoms with Crippen LogP contribution in [-0.2, 0) is 26.0 Å². The molecule has 0 saturated carbocycles. The summed E-state index contributed by atoms with van der Waals surface area (Å²) in [5.74, 6) is -0.613. The molecular formula is C21H27NO4S. The monoisotopic (exact) mass is 389 g/mol. The number of rotatable bonds is 6. The van der Waals surface area contributed by atoms with E-state index in [4.69, 9.17) is 4.74 Å². The van der Waals surface area contributed by atoms with Crippen molar-refractivity contribution in [3.05, 3.63) is 63.7 Å². The summed E-state index contributed by atoms with van der Waals surface area (Å²) < 4.78 is 33.8. The van der Waals surface area contributed by atoms with E-state index in [1.54, 1.807) is 13.8 Å². The molecule has 0 aliphatic heterocycles. The summed E-state index contributed by atoms with van der Waals surface area (Å²) in [4.78, 5) is 12.5. The fraction of sp³-hybridized carbons (Fsp3) is 0.381. The molecule has 0 fully saturated rings. The van der Waals surface area contributed by atoms with Crippen LogP contribution < -0.4 is 4.72 Å². The van der Waals surface area contributed by atoms with Gasteiger partial charge in [0.05, 0.1) is 12.0 Å². The fourth-order valence-electron chi connectivity index (χ4n) is 3.28. The predicted molar refractivity (Wildman–Crippen MR) is 106 cm³/mol. The van der Waals surface area contributed by atoms with E-state index in [2.05, 4.69) is 4.72 Å². The Morgan fingerprint density at radius 1 is 0.926 bits per heavy atom. The highest BCUT2D eigenvalue weighted by atomic mass is 32.2. The number of nitrogens with one attached hydrogen (secondary N) is 1. The van der Waals surface area contributed by atoms with Gasteiger partial charge in [-0.15, -0.1) is 0 Å². The van der Waals surface area contributed by atoms with Gasteiger partial charge in [0, 0.05) is 0 Å². The van der Waals surface area contributed by atoms with Crippen LogP contribution in [0.15, 0.2) is 35.2 Å². The lowest BCUT2D eigenvalue weighted by molar-refractivity contribution is -0.142. The average molecular weight is 390 g/mol. The van der Waals surface area contributed by atoms with E-state index in [9.17, 15) is 13.2 Å². The lowest BCUT2D eigenvalue weighted by Gasteiger charge is -2.22. The molecule has 1 N–H and O–H groups in total. The zero-order chi connectivity index (χ0) is 20.4. The maximum absolute atomic E-state index is 13.2. The number of ether oxygens (including phenoxy) is 1. The maximum atomic E-state index is 13.2. The quantitative estimate of drug-likeness (QED) is 0.770. The van der Waals surface area contributed by atoms with Crippen LogP contribution in [0.1, 0.15) is 33.4 Å². The normalized spacial score (nSPS) is 12.7. The van der Waals surface area contributed by atoms with Crippen molar-refractivity contribution in [2.75, 3.05) is 7.11 Å². The third-order valence-corrected chi connectivity index (χ3v) is 7.01. The van der Waals surface area contributed by atoms with Gasteiger partial charge in [0.25, 0.3) is 0 Å². The fourth-order valence-corrected chi connectivity index (χ4v) is 5.06. The zero-order valence-electron chi connectivity index (χ0n) is 16.7. The first-order chi connectivity index (χ1) is 12.6. The van der Waals surface area contributed by atoms with E-state index in [1.165, 1.54) is 7.11 Å². The molecule has 1 atom stereocenters. The first kappa shape index (κ1) is 21.1. The van der Waals surface area contributed by atoms with E-state index in [0.29, 0.717) is 11.1 Å². The Bertz CT molecular complexity index is 921. The van der Waals surface area contributed by atoms with Gasteiger partial charge in [-0.2, -0.15) is 4.72 Å². The highest BCUT2D eigenvalue weighted by molar-refractivity contribution is 7.89. The first-order valence-electron chi connectivity index (χ1n) is 8.81. The molecule has 0 bridgehead atoms. The Hall–Kier alpha value is -2.18. The smallest absolute Gasteiger partial charge is 0.324 e. The Morgan fingerprint density at radius 2 is 1.41 bits per heavy atom. The summed E-state index contributed by atoms with van der Waals surface area (Å²) in [6, 6.07) is 8.26. The van der Waals surface area contributed by atoms with Crippen molar-refractivity contribution >= 4 is 16.0 Å². The van der Waals surface area contributed by atoms with Gasteiger partial charge in [-0.3, -0.25) is 4.79 Å². The van der Waals surface area contributed by atoms with Crippen molar-refractivity contribution < 1.29 is 17.9 Å². The van der Waals surface area contributed by atoms with Gasteiger partial charge in [0.1, 0.15) is 6.04 Å². The molecule has 5 nitrogen and oxygen atoms in total. The third kappa shape index (κ3) is 4.39. The number of carbonyl (C=O) groups is 1. The van der Waals surface area contributed by atoms with Crippen LogP contribution >= 0.6 is 0 Å². The first-order valence-corrected chi connectivity index (χ1v) is 10.3. The molecule has 6 heteroatoms. The van der Waals surface area contributed by atoms with Crippen LogP contribution in [0.25, 0.3) is 0 Å². The van der Waals surface area contributed by atoms with Crippen LogP contribution in [0.4, 0.5) is 0 Å². The van der Waals surface area contributed by atoms with Gasteiger partial charge in [0.15, 0.2) is 0 Å². The van der Waals surface area contributed by atoms with Crippen LogP contribution in [-0.4, -0.2) is 27.5 Å². The number of sulfonamides is 1. The minimum absolute atomic E-state index is 0.217. The van der Waals surface area contributed by atoms with Gasteiger partial charge in [-0.1, -0.05) is 30.3 Å². The minimum atomic E-state index is -3.91. The number of benzene rings is 2. The Kier molecular flexibility index (Phi) is 6.44. The SMILES string of the molecule is COC(=O)C(Cc1ccccc1)NS(=O)(=O)c1c(C)c(C)c(C)c(C)c1C. The van der Waals surface area contributed by atoms with Gasteiger partial charge in [-0.25, -0.2) is 8.42 Å². The standard InChI is InChI=1S/C21H27NO4S/c1-13-14(2)16(4)20(17(5)15(13)3)27(24,25)22-19(21(23)26-6)12-18-10-8-7-9-11-18/h7-11,19,22H,12H2,1-6H3. The van der Waals surface area contributed by atoms with E-state index in [1.807, 2.05) is 51.1 Å². The number of hydrogen-bond donors (Lipinski definition) is 1. The van der Waals surface area contributed by atoms with Crippen molar-refractivity contribution in [2.24, 2.45) is 0 Å². The Morgan fingerprint density at radius 3 is 1.89 bits per heavy atom. The predicted octanol–water partition coefficient (Wildman–Crippen LogP) is 3.29. The molecule has 0 radical (unpaired) electrons. The summed E-state index contributed by atoms with van der Waals surface area (Å²) in [6.45, 7) is 9.41. The van der Waals surface area contributed by atoms with E-state index >= 15 is 0 Å². The van der Waals surface area contributed by atoms with Gasteiger partial charge >= 0.3 is 5.97 Å². The summed E-state index contributed by atoms with van der Waals surface area (Å²) in [7, 11) is -2.65. The number of carbonyl (C=O) groups excluding carboxylic acids is 1. The third-order valence-electron chi connectivity index (χ3n) is 5.27. The maximum Gasteiger partial charge on any atom is 0.324 e. The van der Waals surface area contributed by atoms with E-state index < -0.39 is 22.0 Å². The van der Waals surface area contributed by atoms with Crippen molar-refractivity contribution in [3.8, 4) is 0 Å². The largest absolute Gasteiger partial charge is 0.468 e. The lowest BCUT2D eigenvalue weighted by atomic mass is 9.95. The molecule has 27 heavy (non-hydrogen) atoms. The summed E-state index contributed by atoms with van der Waals surface area (Å²) in [5.41, 5.74) is 5.21. The molecule has 2 aromatic carbocycles. The molecule has 146 valence electrons. The van der Waals surface area contributed by atoms with E-state index in [0.717, 1.165) is 22.3 Å². The molecule has 0 aliphatic carbocycles. The van der Waals surface area contributed by atoms with Crippen LogP contribution in [0.3, 0.4) is 0 Å². The molecule has 0 spiro atoms. The van der Waals surface area contributed by atoms with Crippen LogP contribution in [0.5, 0.6) is 0 Å². The van der Waals surface area contributed by atoms with Gasteiger partial charge in [0.2, 0.25) is 10.0 Å². The molecule has 2 rings (SSSR count). The molecule has 0 heterocycles. The average Bonchev–Trinajstić information content (AvgIpc) is 2.64. The zero-order valence-corrected chi connectivity index (χ0v) is 17.5. The van der Waals surface area contributed by atoms with Gasteiger partial charge in [-0.05, 0) is 74.4 Å². The molecule has 0 aliphatic rings. The molecule has 0 saturated heterocycles. The molecule has 0 amide bonds.